The summed E-state index contributed by atoms with van der Waals surface area (Å²) in [6, 6.07) is 6.28. The summed E-state index contributed by atoms with van der Waals surface area (Å²) in [5, 5.41) is 3.01. The van der Waals surface area contributed by atoms with E-state index in [9.17, 15) is 4.79 Å². The number of amides is 1. The summed E-state index contributed by atoms with van der Waals surface area (Å²) in [7, 11) is 0. The van der Waals surface area contributed by atoms with Crippen LogP contribution in [0.15, 0.2) is 18.2 Å². The Bertz CT molecular complexity index is 432. The summed E-state index contributed by atoms with van der Waals surface area (Å²) in [6.45, 7) is 2.09. The average molecular weight is 215 g/mol. The molecular weight excluding hydrogens is 198 g/mol. The molecule has 1 fully saturated rings. The predicted octanol–water partition coefficient (Wildman–Crippen LogP) is 3.22. The Morgan fingerprint density at radius 2 is 2.00 bits per heavy atom. The van der Waals surface area contributed by atoms with Gasteiger partial charge in [-0.2, -0.15) is 0 Å². The number of benzene rings is 1. The Morgan fingerprint density at radius 1 is 1.25 bits per heavy atom. The average Bonchev–Trinajstić information content (AvgIpc) is 2.83. The third-order valence-corrected chi connectivity index (χ3v) is 3.95. The molecule has 2 aliphatic rings. The van der Waals surface area contributed by atoms with Gasteiger partial charge in [0, 0.05) is 5.69 Å². The Morgan fingerprint density at radius 3 is 2.75 bits per heavy atom. The predicted molar refractivity (Wildman–Crippen MR) is 64.5 cm³/mol. The van der Waals surface area contributed by atoms with Gasteiger partial charge in [-0.05, 0) is 37.3 Å². The third kappa shape index (κ3) is 1.44. The lowest BCUT2D eigenvalue weighted by atomic mass is 9.85. The molecule has 0 aromatic heterocycles. The van der Waals surface area contributed by atoms with Crippen LogP contribution < -0.4 is 5.32 Å². The summed E-state index contributed by atoms with van der Waals surface area (Å²) < 4.78 is 0. The van der Waals surface area contributed by atoms with Crippen LogP contribution in [-0.2, 0) is 4.79 Å². The molecule has 0 saturated heterocycles. The summed E-state index contributed by atoms with van der Waals surface area (Å²) in [5.41, 5.74) is 3.52. The molecule has 1 amide bonds. The lowest BCUT2D eigenvalue weighted by Crippen LogP contribution is -2.18. The molecule has 1 aliphatic heterocycles. The molecule has 0 bridgehead atoms. The normalized spacial score (nSPS) is 24.6. The fraction of sp³-hybridized carbons (Fsp3) is 0.500. The third-order valence-electron chi connectivity index (χ3n) is 3.95. The number of rotatable bonds is 1. The van der Waals surface area contributed by atoms with Gasteiger partial charge in [0.05, 0.1) is 5.92 Å². The van der Waals surface area contributed by atoms with Crippen molar-refractivity contribution in [3.63, 3.8) is 0 Å². The number of anilines is 1. The molecule has 2 nitrogen and oxygen atoms in total. The molecule has 84 valence electrons. The van der Waals surface area contributed by atoms with Crippen LogP contribution in [0.2, 0.25) is 0 Å². The van der Waals surface area contributed by atoms with E-state index in [1.165, 1.54) is 36.8 Å². The molecule has 1 heterocycles. The van der Waals surface area contributed by atoms with Gasteiger partial charge in [-0.15, -0.1) is 0 Å². The number of fused-ring (bicyclic) bond motifs is 1. The zero-order valence-corrected chi connectivity index (χ0v) is 9.62. The van der Waals surface area contributed by atoms with E-state index in [1.807, 2.05) is 6.07 Å². The van der Waals surface area contributed by atoms with Crippen molar-refractivity contribution in [1.82, 2.24) is 0 Å². The van der Waals surface area contributed by atoms with Crippen molar-refractivity contribution in [2.45, 2.75) is 38.5 Å². The van der Waals surface area contributed by atoms with E-state index in [-0.39, 0.29) is 11.8 Å². The molecule has 16 heavy (non-hydrogen) atoms. The zero-order chi connectivity index (χ0) is 11.1. The van der Waals surface area contributed by atoms with Gasteiger partial charge in [0.25, 0.3) is 0 Å². The summed E-state index contributed by atoms with van der Waals surface area (Å²) >= 11 is 0. The minimum absolute atomic E-state index is 0.123. The van der Waals surface area contributed by atoms with E-state index in [1.54, 1.807) is 0 Å². The topological polar surface area (TPSA) is 29.1 Å². The van der Waals surface area contributed by atoms with Crippen LogP contribution in [0.5, 0.6) is 0 Å². The molecule has 0 spiro atoms. The molecule has 0 radical (unpaired) electrons. The first-order valence-corrected chi connectivity index (χ1v) is 6.17. The highest BCUT2D eigenvalue weighted by molar-refractivity contribution is 6.03. The van der Waals surface area contributed by atoms with E-state index in [0.29, 0.717) is 5.92 Å². The Kier molecular flexibility index (Phi) is 2.23. The highest BCUT2D eigenvalue weighted by Gasteiger charge is 2.37. The quantitative estimate of drug-likeness (QED) is 0.765. The number of carbonyl (C=O) groups is 1. The summed E-state index contributed by atoms with van der Waals surface area (Å²) in [5.74, 6) is 0.910. The lowest BCUT2D eigenvalue weighted by Gasteiger charge is -2.16. The molecule has 1 aromatic rings. The fourth-order valence-corrected chi connectivity index (χ4v) is 3.16. The van der Waals surface area contributed by atoms with Crippen LogP contribution in [-0.4, -0.2) is 5.91 Å². The number of hydrogen-bond acceptors (Lipinski definition) is 1. The molecule has 1 N–H and O–H groups in total. The zero-order valence-electron chi connectivity index (χ0n) is 9.62. The van der Waals surface area contributed by atoms with E-state index in [4.69, 9.17) is 0 Å². The van der Waals surface area contributed by atoms with Crippen LogP contribution in [0.4, 0.5) is 5.69 Å². The SMILES string of the molecule is Cc1ccc2c(c1)C(C1CCCC1)C(=O)N2. The van der Waals surface area contributed by atoms with Gasteiger partial charge in [-0.25, -0.2) is 0 Å². The molecule has 1 aliphatic carbocycles. The Hall–Kier alpha value is -1.31. The van der Waals surface area contributed by atoms with Gasteiger partial charge in [0.2, 0.25) is 5.91 Å². The van der Waals surface area contributed by atoms with Crippen molar-refractivity contribution < 1.29 is 4.79 Å². The standard InChI is InChI=1S/C14H17NO/c1-9-6-7-12-11(8-9)13(14(16)15-12)10-4-2-3-5-10/h6-8,10,13H,2-5H2,1H3,(H,15,16). The van der Waals surface area contributed by atoms with E-state index in [2.05, 4.69) is 24.4 Å². The highest BCUT2D eigenvalue weighted by Crippen LogP contribution is 2.44. The fourth-order valence-electron chi connectivity index (χ4n) is 3.16. The summed E-state index contributed by atoms with van der Waals surface area (Å²) in [6.07, 6.45) is 5.00. The lowest BCUT2D eigenvalue weighted by molar-refractivity contribution is -0.118. The maximum atomic E-state index is 12.0. The van der Waals surface area contributed by atoms with Crippen molar-refractivity contribution in [3.8, 4) is 0 Å². The van der Waals surface area contributed by atoms with Crippen LogP contribution in [0.3, 0.4) is 0 Å². The van der Waals surface area contributed by atoms with Gasteiger partial charge < -0.3 is 5.32 Å². The van der Waals surface area contributed by atoms with Crippen molar-refractivity contribution in [2.75, 3.05) is 5.32 Å². The smallest absolute Gasteiger partial charge is 0.232 e. The van der Waals surface area contributed by atoms with Gasteiger partial charge in [0.15, 0.2) is 0 Å². The molecule has 1 saturated carbocycles. The highest BCUT2D eigenvalue weighted by atomic mass is 16.2. The monoisotopic (exact) mass is 215 g/mol. The molecule has 3 rings (SSSR count). The number of nitrogens with one attached hydrogen (secondary N) is 1. The van der Waals surface area contributed by atoms with Crippen molar-refractivity contribution in [1.29, 1.82) is 0 Å². The number of hydrogen-bond donors (Lipinski definition) is 1. The van der Waals surface area contributed by atoms with Gasteiger partial charge in [0.1, 0.15) is 0 Å². The van der Waals surface area contributed by atoms with Crippen LogP contribution >= 0.6 is 0 Å². The van der Waals surface area contributed by atoms with E-state index >= 15 is 0 Å². The maximum absolute atomic E-state index is 12.0. The molecule has 1 unspecified atom stereocenters. The molecule has 1 atom stereocenters. The second kappa shape index (κ2) is 3.62. The minimum atomic E-state index is 0.123. The van der Waals surface area contributed by atoms with Crippen LogP contribution in [0.1, 0.15) is 42.7 Å². The largest absolute Gasteiger partial charge is 0.325 e. The maximum Gasteiger partial charge on any atom is 0.232 e. The van der Waals surface area contributed by atoms with Gasteiger partial charge in [-0.1, -0.05) is 30.5 Å². The second-order valence-corrected chi connectivity index (χ2v) is 5.10. The van der Waals surface area contributed by atoms with Crippen LogP contribution in [0.25, 0.3) is 0 Å². The number of carbonyl (C=O) groups excluding carboxylic acids is 1. The Balaban J connectivity index is 2.00. The van der Waals surface area contributed by atoms with Crippen LogP contribution in [0, 0.1) is 12.8 Å². The number of aryl methyl sites for hydroxylation is 1. The second-order valence-electron chi connectivity index (χ2n) is 5.10. The van der Waals surface area contributed by atoms with Crippen molar-refractivity contribution in [2.24, 2.45) is 5.92 Å². The molecule has 1 aromatic carbocycles. The molecular formula is C14H17NO. The van der Waals surface area contributed by atoms with Crippen molar-refractivity contribution in [3.05, 3.63) is 29.3 Å². The minimum Gasteiger partial charge on any atom is -0.325 e. The Labute approximate surface area is 96.1 Å². The van der Waals surface area contributed by atoms with Gasteiger partial charge >= 0.3 is 0 Å². The van der Waals surface area contributed by atoms with Gasteiger partial charge in [-0.3, -0.25) is 4.79 Å². The van der Waals surface area contributed by atoms with Crippen molar-refractivity contribution >= 4 is 11.6 Å². The van der Waals surface area contributed by atoms with E-state index in [0.717, 1.165) is 5.69 Å². The molecule has 2 heteroatoms. The van der Waals surface area contributed by atoms with E-state index < -0.39 is 0 Å². The first-order chi connectivity index (χ1) is 7.75. The first-order valence-electron chi connectivity index (χ1n) is 6.17. The summed E-state index contributed by atoms with van der Waals surface area (Å²) in [4.78, 5) is 12.0. The first kappa shape index (κ1) is 9.88.